The summed E-state index contributed by atoms with van der Waals surface area (Å²) in [5.74, 6) is 0.509. The van der Waals surface area contributed by atoms with Gasteiger partial charge in [-0.05, 0) is 46.9 Å². The Labute approximate surface area is 109 Å². The molecule has 0 fully saturated rings. The lowest BCUT2D eigenvalue weighted by atomic mass is 9.63. The fourth-order valence-corrected chi connectivity index (χ4v) is 2.76. The molecule has 0 bridgehead atoms. The Hall–Kier alpha value is -0.995. The first-order valence-electron chi connectivity index (χ1n) is 6.40. The SMILES string of the molecule is CC1(C)CCC(C)(C)c2cc(OB(O)O)ccc21. The second-order valence-corrected chi connectivity index (χ2v) is 6.42. The van der Waals surface area contributed by atoms with E-state index in [0.717, 1.165) is 12.8 Å². The fourth-order valence-electron chi connectivity index (χ4n) is 2.76. The standard InChI is InChI=1S/C14H21BO3/c1-13(2)7-8-14(3,4)12-9-10(18-15(16)17)5-6-11(12)13/h5-6,9,16-17H,7-8H2,1-4H3. The molecule has 0 spiro atoms. The molecule has 4 heteroatoms. The largest absolute Gasteiger partial charge is 0.707 e. The molecular formula is C14H21BO3. The summed E-state index contributed by atoms with van der Waals surface area (Å²) in [5.41, 5.74) is 2.85. The van der Waals surface area contributed by atoms with E-state index in [9.17, 15) is 0 Å². The van der Waals surface area contributed by atoms with E-state index in [1.165, 1.54) is 11.1 Å². The number of hydrogen-bond donors (Lipinski definition) is 2. The number of fused-ring (bicyclic) bond motifs is 1. The molecule has 0 saturated heterocycles. The van der Waals surface area contributed by atoms with Gasteiger partial charge in [-0.2, -0.15) is 0 Å². The molecule has 0 saturated carbocycles. The predicted molar refractivity (Wildman–Crippen MR) is 72.5 cm³/mol. The topological polar surface area (TPSA) is 49.7 Å². The lowest BCUT2D eigenvalue weighted by Crippen LogP contribution is -2.34. The minimum Gasteiger partial charge on any atom is -0.512 e. The van der Waals surface area contributed by atoms with Gasteiger partial charge in [0.2, 0.25) is 0 Å². The van der Waals surface area contributed by atoms with Crippen LogP contribution in [0.3, 0.4) is 0 Å². The van der Waals surface area contributed by atoms with Crippen molar-refractivity contribution in [2.45, 2.75) is 51.4 Å². The van der Waals surface area contributed by atoms with Gasteiger partial charge in [-0.15, -0.1) is 0 Å². The smallest absolute Gasteiger partial charge is 0.512 e. The highest BCUT2D eigenvalue weighted by atomic mass is 16.6. The van der Waals surface area contributed by atoms with E-state index >= 15 is 0 Å². The van der Waals surface area contributed by atoms with Gasteiger partial charge in [-0.1, -0.05) is 33.8 Å². The summed E-state index contributed by atoms with van der Waals surface area (Å²) in [5, 5.41) is 17.8. The van der Waals surface area contributed by atoms with E-state index < -0.39 is 7.32 Å². The van der Waals surface area contributed by atoms with Crippen LogP contribution in [0.4, 0.5) is 0 Å². The molecule has 1 aliphatic rings. The van der Waals surface area contributed by atoms with Crippen molar-refractivity contribution < 1.29 is 14.7 Å². The molecule has 0 atom stereocenters. The molecule has 0 aliphatic heterocycles. The molecule has 18 heavy (non-hydrogen) atoms. The number of rotatable bonds is 2. The summed E-state index contributed by atoms with van der Waals surface area (Å²) in [6.07, 6.45) is 2.29. The molecule has 98 valence electrons. The molecule has 0 amide bonds. The zero-order chi connectivity index (χ0) is 13.6. The van der Waals surface area contributed by atoms with Gasteiger partial charge in [0.25, 0.3) is 0 Å². The first-order valence-corrected chi connectivity index (χ1v) is 6.40. The summed E-state index contributed by atoms with van der Waals surface area (Å²) in [7, 11) is -1.76. The molecule has 0 aromatic heterocycles. The third kappa shape index (κ3) is 2.40. The van der Waals surface area contributed by atoms with E-state index in [1.54, 1.807) is 6.07 Å². The Morgan fingerprint density at radius 3 is 2.11 bits per heavy atom. The molecule has 2 rings (SSSR count). The van der Waals surface area contributed by atoms with E-state index in [-0.39, 0.29) is 10.8 Å². The Morgan fingerprint density at radius 2 is 1.56 bits per heavy atom. The van der Waals surface area contributed by atoms with Crippen LogP contribution in [0.2, 0.25) is 0 Å². The number of benzene rings is 1. The van der Waals surface area contributed by atoms with Crippen LogP contribution in [0, 0.1) is 0 Å². The molecule has 0 radical (unpaired) electrons. The summed E-state index contributed by atoms with van der Waals surface area (Å²) >= 11 is 0. The third-order valence-corrected chi connectivity index (χ3v) is 4.07. The van der Waals surface area contributed by atoms with Crippen molar-refractivity contribution >= 4 is 7.32 Å². The maximum absolute atomic E-state index is 8.88. The highest BCUT2D eigenvalue weighted by Crippen LogP contribution is 2.46. The quantitative estimate of drug-likeness (QED) is 0.790. The zero-order valence-electron chi connectivity index (χ0n) is 11.5. The van der Waals surface area contributed by atoms with Crippen LogP contribution in [-0.2, 0) is 10.8 Å². The first kappa shape index (κ1) is 13.4. The van der Waals surface area contributed by atoms with Crippen LogP contribution in [0.25, 0.3) is 0 Å². The van der Waals surface area contributed by atoms with Crippen molar-refractivity contribution in [1.82, 2.24) is 0 Å². The Morgan fingerprint density at radius 1 is 1.00 bits per heavy atom. The van der Waals surface area contributed by atoms with E-state index in [2.05, 4.69) is 27.7 Å². The molecule has 3 nitrogen and oxygen atoms in total. The summed E-state index contributed by atoms with van der Waals surface area (Å²) < 4.78 is 4.95. The predicted octanol–water partition coefficient (Wildman–Crippen LogP) is 2.38. The molecule has 0 unspecified atom stereocenters. The van der Waals surface area contributed by atoms with Crippen molar-refractivity contribution in [3.63, 3.8) is 0 Å². The van der Waals surface area contributed by atoms with E-state index in [0.29, 0.717) is 5.75 Å². The molecule has 1 aromatic rings. The van der Waals surface area contributed by atoms with Crippen molar-refractivity contribution in [3.8, 4) is 5.75 Å². The first-order chi connectivity index (χ1) is 8.22. The monoisotopic (exact) mass is 248 g/mol. The normalized spacial score (nSPS) is 20.1. The summed E-state index contributed by atoms with van der Waals surface area (Å²) in [6.45, 7) is 8.95. The van der Waals surface area contributed by atoms with Gasteiger partial charge in [0.15, 0.2) is 0 Å². The lowest BCUT2D eigenvalue weighted by Gasteiger charge is -2.41. The summed E-state index contributed by atoms with van der Waals surface area (Å²) in [6, 6.07) is 5.80. The number of hydrogen-bond acceptors (Lipinski definition) is 3. The highest BCUT2D eigenvalue weighted by molar-refractivity contribution is 6.33. The van der Waals surface area contributed by atoms with Gasteiger partial charge in [-0.3, -0.25) is 0 Å². The molecule has 2 N–H and O–H groups in total. The second-order valence-electron chi connectivity index (χ2n) is 6.42. The Kier molecular flexibility index (Phi) is 3.20. The average Bonchev–Trinajstić information content (AvgIpc) is 2.24. The van der Waals surface area contributed by atoms with Crippen LogP contribution < -0.4 is 4.65 Å². The van der Waals surface area contributed by atoms with Crippen molar-refractivity contribution in [1.29, 1.82) is 0 Å². The van der Waals surface area contributed by atoms with E-state index in [1.807, 2.05) is 12.1 Å². The lowest BCUT2D eigenvalue weighted by molar-refractivity contribution is 0.286. The maximum Gasteiger partial charge on any atom is 0.707 e. The maximum atomic E-state index is 8.88. The van der Waals surface area contributed by atoms with Gasteiger partial charge in [-0.25, -0.2) is 0 Å². The minimum atomic E-state index is -1.76. The van der Waals surface area contributed by atoms with Crippen LogP contribution in [-0.4, -0.2) is 17.4 Å². The minimum absolute atomic E-state index is 0.102. The zero-order valence-corrected chi connectivity index (χ0v) is 11.5. The van der Waals surface area contributed by atoms with Crippen molar-refractivity contribution in [2.24, 2.45) is 0 Å². The highest BCUT2D eigenvalue weighted by Gasteiger charge is 2.37. The van der Waals surface area contributed by atoms with Gasteiger partial charge in [0.05, 0.1) is 0 Å². The fraction of sp³-hybridized carbons (Fsp3) is 0.571. The van der Waals surface area contributed by atoms with Crippen molar-refractivity contribution in [2.75, 3.05) is 0 Å². The van der Waals surface area contributed by atoms with Crippen LogP contribution in [0.1, 0.15) is 51.7 Å². The third-order valence-electron chi connectivity index (χ3n) is 4.07. The summed E-state index contributed by atoms with van der Waals surface area (Å²) in [4.78, 5) is 0. The van der Waals surface area contributed by atoms with Gasteiger partial charge in [0.1, 0.15) is 5.75 Å². The van der Waals surface area contributed by atoms with Gasteiger partial charge in [0, 0.05) is 0 Å². The van der Waals surface area contributed by atoms with Gasteiger partial charge < -0.3 is 14.7 Å². The average molecular weight is 248 g/mol. The molecular weight excluding hydrogens is 227 g/mol. The molecule has 1 aliphatic carbocycles. The van der Waals surface area contributed by atoms with Crippen LogP contribution >= 0.6 is 0 Å². The Balaban J connectivity index is 2.48. The van der Waals surface area contributed by atoms with Gasteiger partial charge >= 0.3 is 7.32 Å². The Bertz CT molecular complexity index is 452. The van der Waals surface area contributed by atoms with Crippen LogP contribution in [0.15, 0.2) is 18.2 Å². The van der Waals surface area contributed by atoms with Crippen LogP contribution in [0.5, 0.6) is 5.75 Å². The van der Waals surface area contributed by atoms with Crippen molar-refractivity contribution in [3.05, 3.63) is 29.3 Å². The second kappa shape index (κ2) is 4.28. The molecule has 1 aromatic carbocycles. The van der Waals surface area contributed by atoms with E-state index in [4.69, 9.17) is 14.7 Å². The molecule has 0 heterocycles.